The van der Waals surface area contributed by atoms with Gasteiger partial charge in [-0.15, -0.1) is 5.10 Å². The fourth-order valence-electron chi connectivity index (χ4n) is 1.95. The van der Waals surface area contributed by atoms with Gasteiger partial charge in [-0.2, -0.15) is 4.68 Å². The van der Waals surface area contributed by atoms with Crippen LogP contribution in [-0.2, 0) is 6.54 Å². The Balaban J connectivity index is 1.48. The van der Waals surface area contributed by atoms with E-state index in [0.29, 0.717) is 0 Å². The Hall–Kier alpha value is -2.25. The lowest BCUT2D eigenvalue weighted by molar-refractivity contribution is 0.726. The molecule has 3 rings (SSSR count). The van der Waals surface area contributed by atoms with E-state index in [-0.39, 0.29) is 0 Å². The van der Waals surface area contributed by atoms with E-state index in [1.165, 1.54) is 5.56 Å². The first kappa shape index (κ1) is 14.7. The average molecular weight is 312 g/mol. The second-order valence-corrected chi connectivity index (χ2v) is 5.66. The van der Waals surface area contributed by atoms with Crippen LogP contribution in [0.4, 0.5) is 0 Å². The smallest absolute Gasteiger partial charge is 0.214 e. The van der Waals surface area contributed by atoms with Crippen molar-refractivity contribution >= 4 is 11.8 Å². The molecule has 1 aromatic carbocycles. The van der Waals surface area contributed by atoms with Gasteiger partial charge in [-0.05, 0) is 34.2 Å². The van der Waals surface area contributed by atoms with Crippen molar-refractivity contribution in [3.05, 3.63) is 60.4 Å². The second-order valence-electron chi connectivity index (χ2n) is 4.60. The number of thioether (sulfide) groups is 1. The number of pyridine rings is 1. The number of aromatic nitrogens is 5. The van der Waals surface area contributed by atoms with Crippen LogP contribution in [0.15, 0.2) is 60.0 Å². The third-order valence-electron chi connectivity index (χ3n) is 3.00. The first-order valence-corrected chi connectivity index (χ1v) is 7.98. The maximum Gasteiger partial charge on any atom is 0.214 e. The third kappa shape index (κ3) is 3.90. The zero-order valence-electron chi connectivity index (χ0n) is 12.0. The van der Waals surface area contributed by atoms with E-state index < -0.39 is 0 Å². The minimum atomic E-state index is 0.800. The van der Waals surface area contributed by atoms with Crippen LogP contribution in [0, 0.1) is 0 Å². The van der Waals surface area contributed by atoms with E-state index in [0.717, 1.165) is 29.7 Å². The molecular weight excluding hydrogens is 296 g/mol. The number of rotatable bonds is 7. The highest BCUT2D eigenvalue weighted by atomic mass is 32.2. The van der Waals surface area contributed by atoms with E-state index in [2.05, 4.69) is 31.9 Å². The lowest BCUT2D eigenvalue weighted by atomic mass is 10.3. The van der Waals surface area contributed by atoms with Gasteiger partial charge >= 0.3 is 0 Å². The largest absolute Gasteiger partial charge is 0.312 e. The molecule has 0 aliphatic carbocycles. The van der Waals surface area contributed by atoms with Crippen molar-refractivity contribution in [3.8, 4) is 5.69 Å². The summed E-state index contributed by atoms with van der Waals surface area (Å²) in [7, 11) is 0. The molecular formula is C15H16N6S. The van der Waals surface area contributed by atoms with Crippen LogP contribution < -0.4 is 5.32 Å². The molecule has 0 spiro atoms. The molecule has 0 radical (unpaired) electrons. The van der Waals surface area contributed by atoms with Gasteiger partial charge in [-0.3, -0.25) is 4.98 Å². The molecule has 6 nitrogen and oxygen atoms in total. The maximum absolute atomic E-state index is 4.09. The lowest BCUT2D eigenvalue weighted by Gasteiger charge is -2.05. The Morgan fingerprint density at radius 1 is 1.09 bits per heavy atom. The molecule has 112 valence electrons. The number of hydrogen-bond acceptors (Lipinski definition) is 6. The Kier molecular flexibility index (Phi) is 5.12. The molecule has 7 heteroatoms. The first-order chi connectivity index (χ1) is 10.9. The summed E-state index contributed by atoms with van der Waals surface area (Å²) >= 11 is 1.63. The van der Waals surface area contributed by atoms with Crippen molar-refractivity contribution in [1.29, 1.82) is 0 Å². The van der Waals surface area contributed by atoms with Gasteiger partial charge in [-0.1, -0.05) is 36.0 Å². The van der Waals surface area contributed by atoms with E-state index >= 15 is 0 Å². The molecule has 0 atom stereocenters. The van der Waals surface area contributed by atoms with Crippen LogP contribution in [0.25, 0.3) is 5.69 Å². The van der Waals surface area contributed by atoms with Gasteiger partial charge in [-0.25, -0.2) is 0 Å². The standard InChI is InChI=1S/C15H16N6S/c1-2-6-14(7-3-1)21-15(18-19-20-21)22-10-9-17-12-13-5-4-8-16-11-13/h1-8,11,17H,9-10,12H2. The van der Waals surface area contributed by atoms with Crippen LogP contribution in [-0.4, -0.2) is 37.5 Å². The quantitative estimate of drug-likeness (QED) is 0.531. The zero-order chi connectivity index (χ0) is 15.0. The van der Waals surface area contributed by atoms with E-state index in [1.807, 2.05) is 42.6 Å². The Bertz CT molecular complexity index is 686. The average Bonchev–Trinajstić information content (AvgIpc) is 3.05. The molecule has 2 heterocycles. The number of para-hydroxylation sites is 1. The second kappa shape index (κ2) is 7.67. The number of hydrogen-bond donors (Lipinski definition) is 1. The van der Waals surface area contributed by atoms with Crippen LogP contribution in [0.5, 0.6) is 0 Å². The highest BCUT2D eigenvalue weighted by molar-refractivity contribution is 7.99. The number of nitrogens with zero attached hydrogens (tertiary/aromatic N) is 5. The molecule has 0 aliphatic rings. The number of benzene rings is 1. The van der Waals surface area contributed by atoms with Gasteiger partial charge in [0.25, 0.3) is 0 Å². The Morgan fingerprint density at radius 2 is 2.00 bits per heavy atom. The normalized spacial score (nSPS) is 10.7. The predicted octanol–water partition coefficient (Wildman–Crippen LogP) is 1.94. The summed E-state index contributed by atoms with van der Waals surface area (Å²) in [6, 6.07) is 13.9. The summed E-state index contributed by atoms with van der Waals surface area (Å²) in [5, 5.41) is 16.1. The third-order valence-corrected chi connectivity index (χ3v) is 3.92. The fourth-order valence-corrected chi connectivity index (χ4v) is 2.74. The molecule has 0 amide bonds. The minimum Gasteiger partial charge on any atom is -0.312 e. The lowest BCUT2D eigenvalue weighted by Crippen LogP contribution is -2.16. The van der Waals surface area contributed by atoms with Crippen molar-refractivity contribution in [2.45, 2.75) is 11.7 Å². The molecule has 0 aliphatic heterocycles. The monoisotopic (exact) mass is 312 g/mol. The van der Waals surface area contributed by atoms with Gasteiger partial charge in [0.1, 0.15) is 0 Å². The molecule has 0 saturated carbocycles. The van der Waals surface area contributed by atoms with Gasteiger partial charge in [0.15, 0.2) is 0 Å². The minimum absolute atomic E-state index is 0.800. The number of nitrogens with one attached hydrogen (secondary N) is 1. The maximum atomic E-state index is 4.09. The summed E-state index contributed by atoms with van der Waals surface area (Å²) in [6.45, 7) is 1.69. The van der Waals surface area contributed by atoms with Crippen LogP contribution in [0.3, 0.4) is 0 Å². The summed E-state index contributed by atoms with van der Waals surface area (Å²) in [5.41, 5.74) is 2.15. The summed E-state index contributed by atoms with van der Waals surface area (Å²) in [6.07, 6.45) is 3.65. The predicted molar refractivity (Wildman–Crippen MR) is 85.8 cm³/mol. The van der Waals surface area contributed by atoms with Gasteiger partial charge in [0.05, 0.1) is 5.69 Å². The van der Waals surface area contributed by atoms with Crippen molar-refractivity contribution in [3.63, 3.8) is 0 Å². The molecule has 3 aromatic rings. The van der Waals surface area contributed by atoms with Crippen molar-refractivity contribution < 1.29 is 0 Å². The van der Waals surface area contributed by atoms with E-state index in [1.54, 1.807) is 22.6 Å². The molecule has 1 N–H and O–H groups in total. The SMILES string of the molecule is c1ccc(-n2nnnc2SCCNCc2cccnc2)cc1. The Labute approximate surface area is 133 Å². The Morgan fingerprint density at radius 3 is 2.82 bits per heavy atom. The summed E-state index contributed by atoms with van der Waals surface area (Å²) < 4.78 is 1.76. The van der Waals surface area contributed by atoms with Crippen molar-refractivity contribution in [2.75, 3.05) is 12.3 Å². The number of tetrazole rings is 1. The van der Waals surface area contributed by atoms with Crippen LogP contribution in [0.1, 0.15) is 5.56 Å². The van der Waals surface area contributed by atoms with Crippen LogP contribution in [0.2, 0.25) is 0 Å². The molecule has 22 heavy (non-hydrogen) atoms. The molecule has 0 unspecified atom stereocenters. The topological polar surface area (TPSA) is 68.5 Å². The highest BCUT2D eigenvalue weighted by Gasteiger charge is 2.07. The van der Waals surface area contributed by atoms with Crippen molar-refractivity contribution in [2.24, 2.45) is 0 Å². The van der Waals surface area contributed by atoms with Crippen molar-refractivity contribution in [1.82, 2.24) is 30.5 Å². The summed E-state index contributed by atoms with van der Waals surface area (Å²) in [4.78, 5) is 4.09. The van der Waals surface area contributed by atoms with Gasteiger partial charge in [0, 0.05) is 31.2 Å². The van der Waals surface area contributed by atoms with E-state index in [9.17, 15) is 0 Å². The molecule has 0 bridgehead atoms. The van der Waals surface area contributed by atoms with E-state index in [4.69, 9.17) is 0 Å². The molecule has 2 aromatic heterocycles. The first-order valence-electron chi connectivity index (χ1n) is 7.00. The van der Waals surface area contributed by atoms with Gasteiger partial charge < -0.3 is 5.32 Å². The highest BCUT2D eigenvalue weighted by Crippen LogP contribution is 2.17. The molecule has 0 fully saturated rings. The molecule has 0 saturated heterocycles. The van der Waals surface area contributed by atoms with Crippen LogP contribution >= 0.6 is 11.8 Å². The van der Waals surface area contributed by atoms with Gasteiger partial charge in [0.2, 0.25) is 5.16 Å². The summed E-state index contributed by atoms with van der Waals surface area (Å²) in [5.74, 6) is 0.896. The fraction of sp³-hybridized carbons (Fsp3) is 0.200. The zero-order valence-corrected chi connectivity index (χ0v) is 12.8.